The molecule has 5 heteroatoms. The number of benzene rings is 2. The molecule has 3 aromatic rings. The zero-order valence-electron chi connectivity index (χ0n) is 10.6. The number of halogens is 1. The lowest BCUT2D eigenvalue weighted by Gasteiger charge is -2.08. The molecule has 0 atom stereocenters. The normalized spacial score (nSPS) is 10.8. The summed E-state index contributed by atoms with van der Waals surface area (Å²) in [5, 5.41) is 5.51. The Hall–Kier alpha value is -2.69. The Morgan fingerprint density at radius 3 is 2.80 bits per heavy atom. The monoisotopic (exact) mass is 269 g/mol. The van der Waals surface area contributed by atoms with E-state index in [0.29, 0.717) is 16.6 Å². The lowest BCUT2D eigenvalue weighted by molar-refractivity contribution is 0.622. The molecule has 0 radical (unpaired) electrons. The van der Waals surface area contributed by atoms with Crippen molar-refractivity contribution >= 4 is 16.5 Å². The Bertz CT molecular complexity index is 842. The summed E-state index contributed by atoms with van der Waals surface area (Å²) in [4.78, 5) is 12.3. The molecule has 2 N–H and O–H groups in total. The zero-order valence-corrected chi connectivity index (χ0v) is 10.6. The standard InChI is InChI=1S/C15H12FN3O/c16-12-6-5-11(14(17)7-12)9-19-15(20)13-4-2-1-3-10(13)8-18-19/h1-8H,9,17H2. The van der Waals surface area contributed by atoms with Gasteiger partial charge in [0.15, 0.2) is 0 Å². The van der Waals surface area contributed by atoms with E-state index in [4.69, 9.17) is 5.73 Å². The summed E-state index contributed by atoms with van der Waals surface area (Å²) in [6.45, 7) is 0.218. The fourth-order valence-electron chi connectivity index (χ4n) is 2.11. The Morgan fingerprint density at radius 1 is 1.20 bits per heavy atom. The van der Waals surface area contributed by atoms with Gasteiger partial charge in [-0.05, 0) is 23.8 Å². The van der Waals surface area contributed by atoms with Crippen LogP contribution in [0.5, 0.6) is 0 Å². The van der Waals surface area contributed by atoms with Crippen molar-refractivity contribution in [2.24, 2.45) is 0 Å². The molecule has 1 aromatic heterocycles. The lowest BCUT2D eigenvalue weighted by Crippen LogP contribution is -2.23. The third-order valence-electron chi connectivity index (χ3n) is 3.19. The summed E-state index contributed by atoms with van der Waals surface area (Å²) in [7, 11) is 0. The second-order valence-electron chi connectivity index (χ2n) is 4.54. The van der Waals surface area contributed by atoms with Gasteiger partial charge in [0.2, 0.25) is 0 Å². The molecule has 1 heterocycles. The first-order valence-corrected chi connectivity index (χ1v) is 6.14. The van der Waals surface area contributed by atoms with E-state index < -0.39 is 5.82 Å². The van der Waals surface area contributed by atoms with Crippen LogP contribution in [0.2, 0.25) is 0 Å². The molecule has 0 spiro atoms. The largest absolute Gasteiger partial charge is 0.398 e. The van der Waals surface area contributed by atoms with Gasteiger partial charge in [0.05, 0.1) is 18.1 Å². The van der Waals surface area contributed by atoms with Crippen LogP contribution in [0.4, 0.5) is 10.1 Å². The fraction of sp³-hybridized carbons (Fsp3) is 0.0667. The van der Waals surface area contributed by atoms with Crippen molar-refractivity contribution in [1.29, 1.82) is 0 Å². The molecule has 0 amide bonds. The van der Waals surface area contributed by atoms with Gasteiger partial charge in [0, 0.05) is 11.1 Å². The van der Waals surface area contributed by atoms with E-state index in [1.54, 1.807) is 24.4 Å². The van der Waals surface area contributed by atoms with Crippen molar-refractivity contribution < 1.29 is 4.39 Å². The van der Waals surface area contributed by atoms with E-state index in [2.05, 4.69) is 5.10 Å². The van der Waals surface area contributed by atoms with Crippen molar-refractivity contribution in [3.05, 3.63) is 70.4 Å². The Morgan fingerprint density at radius 2 is 2.00 bits per heavy atom. The van der Waals surface area contributed by atoms with Crippen molar-refractivity contribution in [3.8, 4) is 0 Å². The van der Waals surface area contributed by atoms with E-state index in [1.807, 2.05) is 12.1 Å². The smallest absolute Gasteiger partial charge is 0.274 e. The van der Waals surface area contributed by atoms with Gasteiger partial charge in [-0.3, -0.25) is 4.79 Å². The summed E-state index contributed by atoms with van der Waals surface area (Å²) >= 11 is 0. The summed E-state index contributed by atoms with van der Waals surface area (Å²) in [5.41, 5.74) is 6.54. The molecule has 0 aliphatic carbocycles. The summed E-state index contributed by atoms with van der Waals surface area (Å²) in [5.74, 6) is -0.398. The van der Waals surface area contributed by atoms with Gasteiger partial charge in [-0.2, -0.15) is 5.10 Å². The number of anilines is 1. The predicted molar refractivity (Wildman–Crippen MR) is 75.9 cm³/mol. The van der Waals surface area contributed by atoms with E-state index in [0.717, 1.165) is 5.39 Å². The van der Waals surface area contributed by atoms with Crippen LogP contribution in [0.15, 0.2) is 53.5 Å². The minimum Gasteiger partial charge on any atom is -0.398 e. The van der Waals surface area contributed by atoms with Crippen LogP contribution in [0, 0.1) is 5.82 Å². The van der Waals surface area contributed by atoms with Gasteiger partial charge in [-0.1, -0.05) is 24.3 Å². The third kappa shape index (κ3) is 2.14. The SMILES string of the molecule is Nc1cc(F)ccc1Cn1ncc2ccccc2c1=O. The molecule has 0 unspecified atom stereocenters. The van der Waals surface area contributed by atoms with E-state index in [1.165, 1.54) is 16.8 Å². The van der Waals surface area contributed by atoms with Crippen LogP contribution < -0.4 is 11.3 Å². The van der Waals surface area contributed by atoms with Crippen LogP contribution in [0.3, 0.4) is 0 Å². The maximum Gasteiger partial charge on any atom is 0.274 e. The van der Waals surface area contributed by atoms with Crippen molar-refractivity contribution in [1.82, 2.24) is 9.78 Å². The lowest BCUT2D eigenvalue weighted by atomic mass is 10.1. The fourth-order valence-corrected chi connectivity index (χ4v) is 2.11. The Labute approximate surface area is 114 Å². The Balaban J connectivity index is 2.07. The van der Waals surface area contributed by atoms with Crippen LogP contribution in [-0.2, 0) is 6.54 Å². The molecule has 3 rings (SSSR count). The molecule has 0 bridgehead atoms. The van der Waals surface area contributed by atoms with Crippen molar-refractivity contribution in [3.63, 3.8) is 0 Å². The Kier molecular flexibility index (Phi) is 2.95. The molecule has 0 saturated heterocycles. The number of hydrogen-bond acceptors (Lipinski definition) is 3. The first-order valence-electron chi connectivity index (χ1n) is 6.14. The molecule has 2 aromatic carbocycles. The van der Waals surface area contributed by atoms with E-state index in [-0.39, 0.29) is 12.1 Å². The van der Waals surface area contributed by atoms with Gasteiger partial charge in [0.25, 0.3) is 5.56 Å². The molecular formula is C15H12FN3O. The molecule has 0 saturated carbocycles. The van der Waals surface area contributed by atoms with Crippen LogP contribution in [-0.4, -0.2) is 9.78 Å². The van der Waals surface area contributed by atoms with Gasteiger partial charge >= 0.3 is 0 Å². The van der Waals surface area contributed by atoms with Crippen molar-refractivity contribution in [2.75, 3.05) is 5.73 Å². The van der Waals surface area contributed by atoms with Crippen LogP contribution in [0.25, 0.3) is 10.8 Å². The number of fused-ring (bicyclic) bond motifs is 1. The third-order valence-corrected chi connectivity index (χ3v) is 3.19. The first-order chi connectivity index (χ1) is 9.65. The highest BCUT2D eigenvalue weighted by Crippen LogP contribution is 2.14. The minimum absolute atomic E-state index is 0.188. The zero-order chi connectivity index (χ0) is 14.1. The quantitative estimate of drug-likeness (QED) is 0.725. The second kappa shape index (κ2) is 4.77. The second-order valence-corrected chi connectivity index (χ2v) is 4.54. The number of rotatable bonds is 2. The molecule has 100 valence electrons. The topological polar surface area (TPSA) is 60.9 Å². The molecule has 0 aliphatic heterocycles. The van der Waals surface area contributed by atoms with Crippen molar-refractivity contribution in [2.45, 2.75) is 6.54 Å². The highest BCUT2D eigenvalue weighted by molar-refractivity contribution is 5.80. The molecule has 20 heavy (non-hydrogen) atoms. The molecular weight excluding hydrogens is 257 g/mol. The predicted octanol–water partition coefficient (Wildman–Crippen LogP) is 2.17. The van der Waals surface area contributed by atoms with Crippen LogP contribution in [0.1, 0.15) is 5.56 Å². The maximum absolute atomic E-state index is 13.0. The van der Waals surface area contributed by atoms with E-state index in [9.17, 15) is 9.18 Å². The van der Waals surface area contributed by atoms with Gasteiger partial charge in [-0.15, -0.1) is 0 Å². The summed E-state index contributed by atoms with van der Waals surface area (Å²) in [6.07, 6.45) is 1.64. The maximum atomic E-state index is 13.0. The molecule has 4 nitrogen and oxygen atoms in total. The van der Waals surface area contributed by atoms with Gasteiger partial charge in [-0.25, -0.2) is 9.07 Å². The number of aromatic nitrogens is 2. The highest BCUT2D eigenvalue weighted by Gasteiger charge is 2.07. The average molecular weight is 269 g/mol. The van der Waals surface area contributed by atoms with E-state index >= 15 is 0 Å². The van der Waals surface area contributed by atoms with Gasteiger partial charge < -0.3 is 5.73 Å². The van der Waals surface area contributed by atoms with Gasteiger partial charge in [0.1, 0.15) is 5.82 Å². The molecule has 0 fully saturated rings. The summed E-state index contributed by atoms with van der Waals surface area (Å²) in [6, 6.07) is 11.4. The highest BCUT2D eigenvalue weighted by atomic mass is 19.1. The first kappa shape index (κ1) is 12.3. The molecule has 0 aliphatic rings. The van der Waals surface area contributed by atoms with Crippen LogP contribution >= 0.6 is 0 Å². The summed E-state index contributed by atoms with van der Waals surface area (Å²) < 4.78 is 14.3. The number of nitrogen functional groups attached to an aromatic ring is 1. The number of nitrogens with two attached hydrogens (primary N) is 1. The minimum atomic E-state index is -0.398. The average Bonchev–Trinajstić information content (AvgIpc) is 2.45. The number of hydrogen-bond donors (Lipinski definition) is 1. The number of nitrogens with zero attached hydrogens (tertiary/aromatic N) is 2.